The fourth-order valence-corrected chi connectivity index (χ4v) is 9.93. The van der Waals surface area contributed by atoms with Crippen molar-refractivity contribution in [3.63, 3.8) is 0 Å². The van der Waals surface area contributed by atoms with E-state index in [9.17, 15) is 0 Å². The lowest BCUT2D eigenvalue weighted by Gasteiger charge is -2.12. The van der Waals surface area contributed by atoms with Crippen molar-refractivity contribution in [1.82, 2.24) is 8.80 Å². The Morgan fingerprint density at radius 3 is 1.42 bits per heavy atom. The van der Waals surface area contributed by atoms with Crippen molar-refractivity contribution in [2.75, 3.05) is 0 Å². The van der Waals surface area contributed by atoms with E-state index in [2.05, 4.69) is 181 Å². The fourth-order valence-electron chi connectivity index (χ4n) is 9.93. The molecule has 12 rings (SSSR count). The van der Waals surface area contributed by atoms with Crippen molar-refractivity contribution in [2.45, 2.75) is 20.8 Å². The molecule has 4 heterocycles. The molecular formula is C51H34N2. The monoisotopic (exact) mass is 674 g/mol. The number of aromatic nitrogens is 2. The summed E-state index contributed by atoms with van der Waals surface area (Å²) in [6, 6.07) is 57.0. The van der Waals surface area contributed by atoms with Crippen molar-refractivity contribution in [3.8, 4) is 33.4 Å². The Balaban J connectivity index is 1.09. The molecule has 0 aliphatic carbocycles. The van der Waals surface area contributed by atoms with Crippen molar-refractivity contribution < 1.29 is 0 Å². The van der Waals surface area contributed by atoms with Crippen LogP contribution in [0.15, 0.2) is 152 Å². The molecule has 0 saturated carbocycles. The van der Waals surface area contributed by atoms with Gasteiger partial charge in [-0.05, 0) is 120 Å². The smallest absolute Gasteiger partial charge is 0.0620 e. The van der Waals surface area contributed by atoms with Crippen LogP contribution in [0.3, 0.4) is 0 Å². The summed E-state index contributed by atoms with van der Waals surface area (Å²) < 4.78 is 4.97. The minimum absolute atomic E-state index is 1.24. The third-order valence-electron chi connectivity index (χ3n) is 12.0. The van der Waals surface area contributed by atoms with Gasteiger partial charge in [0.25, 0.3) is 0 Å². The van der Waals surface area contributed by atoms with Gasteiger partial charge in [0.05, 0.1) is 33.1 Å². The van der Waals surface area contributed by atoms with Crippen LogP contribution >= 0.6 is 0 Å². The Morgan fingerprint density at radius 1 is 0.302 bits per heavy atom. The third-order valence-corrected chi connectivity index (χ3v) is 12.0. The molecule has 0 saturated heterocycles. The number of aryl methyl sites for hydroxylation is 3. The minimum Gasteiger partial charge on any atom is -0.308 e. The number of hydrogen-bond donors (Lipinski definition) is 0. The number of nitrogens with zero attached hydrogens (tertiary/aromatic N) is 2. The fraction of sp³-hybridized carbons (Fsp3) is 0.0588. The van der Waals surface area contributed by atoms with Gasteiger partial charge in [-0.1, -0.05) is 103 Å². The molecule has 4 aromatic heterocycles. The maximum Gasteiger partial charge on any atom is 0.0620 e. The van der Waals surface area contributed by atoms with Gasteiger partial charge in [-0.25, -0.2) is 0 Å². The summed E-state index contributed by atoms with van der Waals surface area (Å²) in [5.74, 6) is 0. The zero-order chi connectivity index (χ0) is 35.1. The van der Waals surface area contributed by atoms with Crippen LogP contribution in [-0.4, -0.2) is 8.80 Å². The number of rotatable bonds is 3. The van der Waals surface area contributed by atoms with Gasteiger partial charge < -0.3 is 8.80 Å². The van der Waals surface area contributed by atoms with Crippen LogP contribution in [0.4, 0.5) is 0 Å². The molecule has 0 radical (unpaired) electrons. The van der Waals surface area contributed by atoms with Crippen molar-refractivity contribution in [2.24, 2.45) is 0 Å². The zero-order valence-corrected chi connectivity index (χ0v) is 29.8. The van der Waals surface area contributed by atoms with Gasteiger partial charge in [0, 0.05) is 43.1 Å². The molecule has 0 N–H and O–H groups in total. The standard InChI is InChI=1S/C51H34N2/c1-29-22-30(2)49(31(3)23-29)35-18-21-47-41(26-35)39-14-9-13-38-40-25-34(17-20-46(40)53(47)50(38)39)36-27-43-37-12-7-8-15-45(37)52-48-19-16-33(32-10-5-4-6-11-32)24-42(48)44(28-36)51(43)52/h4-28H,1-3H3. The van der Waals surface area contributed by atoms with Crippen LogP contribution in [0.25, 0.3) is 110 Å². The lowest BCUT2D eigenvalue weighted by Crippen LogP contribution is -1.90. The normalized spacial score (nSPS) is 12.4. The average molecular weight is 675 g/mol. The lowest BCUT2D eigenvalue weighted by atomic mass is 9.93. The largest absolute Gasteiger partial charge is 0.308 e. The Hall–Kier alpha value is -6.64. The van der Waals surface area contributed by atoms with E-state index < -0.39 is 0 Å². The second kappa shape index (κ2) is 10.2. The second-order valence-electron chi connectivity index (χ2n) is 15.1. The molecule has 2 heteroatoms. The van der Waals surface area contributed by atoms with E-state index >= 15 is 0 Å². The molecule has 0 unspecified atom stereocenters. The average Bonchev–Trinajstić information content (AvgIpc) is 3.90. The van der Waals surface area contributed by atoms with E-state index in [0.717, 1.165) is 0 Å². The molecule has 12 aromatic rings. The maximum absolute atomic E-state index is 2.50. The summed E-state index contributed by atoms with van der Waals surface area (Å²) >= 11 is 0. The maximum atomic E-state index is 2.50. The Kier molecular flexibility index (Phi) is 5.60. The van der Waals surface area contributed by atoms with Crippen LogP contribution < -0.4 is 0 Å². The van der Waals surface area contributed by atoms with Crippen LogP contribution in [0.1, 0.15) is 16.7 Å². The molecule has 0 bridgehead atoms. The van der Waals surface area contributed by atoms with E-state index in [1.165, 1.54) is 126 Å². The molecule has 0 atom stereocenters. The molecule has 248 valence electrons. The van der Waals surface area contributed by atoms with Crippen LogP contribution in [-0.2, 0) is 0 Å². The molecule has 8 aromatic carbocycles. The quantitative estimate of drug-likeness (QED) is 0.176. The molecule has 0 aliphatic heterocycles. The molecule has 53 heavy (non-hydrogen) atoms. The molecule has 0 spiro atoms. The molecule has 0 fully saturated rings. The van der Waals surface area contributed by atoms with E-state index in [4.69, 9.17) is 0 Å². The number of para-hydroxylation sites is 2. The van der Waals surface area contributed by atoms with E-state index in [1.54, 1.807) is 0 Å². The van der Waals surface area contributed by atoms with Gasteiger partial charge in [0.2, 0.25) is 0 Å². The van der Waals surface area contributed by atoms with Crippen molar-refractivity contribution in [3.05, 3.63) is 168 Å². The van der Waals surface area contributed by atoms with Gasteiger partial charge >= 0.3 is 0 Å². The number of benzene rings is 8. The van der Waals surface area contributed by atoms with Crippen LogP contribution in [0.2, 0.25) is 0 Å². The predicted molar refractivity (Wildman–Crippen MR) is 226 cm³/mol. The van der Waals surface area contributed by atoms with Gasteiger partial charge in [-0.3, -0.25) is 0 Å². The predicted octanol–water partition coefficient (Wildman–Crippen LogP) is 13.9. The van der Waals surface area contributed by atoms with E-state index in [1.807, 2.05) is 0 Å². The first kappa shape index (κ1) is 29.0. The molecule has 0 amide bonds. The Bertz CT molecular complexity index is 3440. The summed E-state index contributed by atoms with van der Waals surface area (Å²) in [4.78, 5) is 0. The SMILES string of the molecule is Cc1cc(C)c(-c2ccc3c(c2)c2cccc4c5cc(-c6cc7c8ccccc8n8c9ccc(-c%10ccccc%10)cc9c(c6)c78)ccc5n3c42)c(C)c1. The third kappa shape index (κ3) is 3.82. The van der Waals surface area contributed by atoms with Gasteiger partial charge in [-0.2, -0.15) is 0 Å². The van der Waals surface area contributed by atoms with Crippen LogP contribution in [0, 0.1) is 20.8 Å². The lowest BCUT2D eigenvalue weighted by molar-refractivity contribution is 1.32. The summed E-state index contributed by atoms with van der Waals surface area (Å²) in [6.07, 6.45) is 0. The first-order valence-corrected chi connectivity index (χ1v) is 18.6. The van der Waals surface area contributed by atoms with E-state index in [-0.39, 0.29) is 0 Å². The summed E-state index contributed by atoms with van der Waals surface area (Å²) in [5, 5.41) is 10.4. The number of fused-ring (bicyclic) bond motifs is 12. The van der Waals surface area contributed by atoms with Gasteiger partial charge in [-0.15, -0.1) is 0 Å². The Labute approximate surface area is 306 Å². The first-order valence-electron chi connectivity index (χ1n) is 18.6. The van der Waals surface area contributed by atoms with Crippen molar-refractivity contribution in [1.29, 1.82) is 0 Å². The van der Waals surface area contributed by atoms with E-state index in [0.29, 0.717) is 0 Å². The Morgan fingerprint density at radius 2 is 0.755 bits per heavy atom. The van der Waals surface area contributed by atoms with Gasteiger partial charge in [0.1, 0.15) is 0 Å². The highest BCUT2D eigenvalue weighted by atomic mass is 14.9. The molecule has 2 nitrogen and oxygen atoms in total. The zero-order valence-electron chi connectivity index (χ0n) is 29.8. The highest BCUT2D eigenvalue weighted by molar-refractivity contribution is 6.26. The first-order chi connectivity index (χ1) is 26.0. The second-order valence-corrected chi connectivity index (χ2v) is 15.1. The molecular weight excluding hydrogens is 641 g/mol. The highest BCUT2D eigenvalue weighted by Gasteiger charge is 2.22. The topological polar surface area (TPSA) is 8.82 Å². The summed E-state index contributed by atoms with van der Waals surface area (Å²) in [7, 11) is 0. The highest BCUT2D eigenvalue weighted by Crippen LogP contribution is 2.45. The van der Waals surface area contributed by atoms with Crippen LogP contribution in [0.5, 0.6) is 0 Å². The molecule has 0 aliphatic rings. The summed E-state index contributed by atoms with van der Waals surface area (Å²) in [5.41, 5.74) is 19.2. The number of hydrogen-bond acceptors (Lipinski definition) is 0. The van der Waals surface area contributed by atoms with Gasteiger partial charge in [0.15, 0.2) is 0 Å². The van der Waals surface area contributed by atoms with Crippen molar-refractivity contribution >= 4 is 76.2 Å². The summed E-state index contributed by atoms with van der Waals surface area (Å²) in [6.45, 7) is 6.66. The minimum atomic E-state index is 1.24.